The summed E-state index contributed by atoms with van der Waals surface area (Å²) >= 11 is 6.38. The third kappa shape index (κ3) is 5.36. The molecule has 36 heavy (non-hydrogen) atoms. The Morgan fingerprint density at radius 3 is 2.33 bits per heavy atom. The number of hydrogen-bond acceptors (Lipinski definition) is 4. The first kappa shape index (κ1) is 25.6. The predicted molar refractivity (Wildman–Crippen MR) is 140 cm³/mol. The number of rotatable bonds is 9. The Bertz CT molecular complexity index is 1510. The lowest BCUT2D eigenvalue weighted by Crippen LogP contribution is -2.13. The van der Waals surface area contributed by atoms with Gasteiger partial charge in [0.15, 0.2) is 5.69 Å². The predicted octanol–water partition coefficient (Wildman–Crippen LogP) is 5.47. The number of carboxylic acids is 1. The summed E-state index contributed by atoms with van der Waals surface area (Å²) in [7, 11) is -3.88. The van der Waals surface area contributed by atoms with Crippen LogP contribution in [0.5, 0.6) is 0 Å². The SMILES string of the molecule is CCCCc1nn(-c2ccccc2Cl)c(C(=O)O)c1Cc1ccc(-c2ccccc2S(N)(=O)=O)cc1. The number of aryl methyl sites for hydroxylation is 1. The second-order valence-electron chi connectivity index (χ2n) is 8.46. The summed E-state index contributed by atoms with van der Waals surface area (Å²) in [6, 6.07) is 20.9. The zero-order valence-electron chi connectivity index (χ0n) is 19.7. The number of aromatic carboxylic acids is 1. The molecule has 0 unspecified atom stereocenters. The standard InChI is InChI=1S/C27H26ClN3O4S/c1-2-3-10-23-21(26(27(32)33)31(30-23)24-11-6-5-9-22(24)28)17-18-13-15-19(16-14-18)20-8-4-7-12-25(20)36(29,34)35/h4-9,11-16H,2-3,10,17H2,1H3,(H,32,33)(H2,29,34,35). The highest BCUT2D eigenvalue weighted by Gasteiger charge is 2.25. The molecule has 0 saturated carbocycles. The molecular weight excluding hydrogens is 498 g/mol. The Morgan fingerprint density at radius 1 is 1.03 bits per heavy atom. The number of sulfonamides is 1. The number of aromatic nitrogens is 2. The van der Waals surface area contributed by atoms with Crippen LogP contribution in [0.15, 0.2) is 77.7 Å². The maximum absolute atomic E-state index is 12.4. The lowest BCUT2D eigenvalue weighted by atomic mass is 9.97. The fourth-order valence-electron chi connectivity index (χ4n) is 4.20. The van der Waals surface area contributed by atoms with Gasteiger partial charge in [0.1, 0.15) is 0 Å². The van der Waals surface area contributed by atoms with Crippen molar-refractivity contribution >= 4 is 27.6 Å². The van der Waals surface area contributed by atoms with Crippen LogP contribution in [0.2, 0.25) is 5.02 Å². The van der Waals surface area contributed by atoms with E-state index in [9.17, 15) is 18.3 Å². The lowest BCUT2D eigenvalue weighted by molar-refractivity contribution is 0.0686. The van der Waals surface area contributed by atoms with Crippen LogP contribution in [0.25, 0.3) is 16.8 Å². The van der Waals surface area contributed by atoms with Crippen LogP contribution < -0.4 is 5.14 Å². The van der Waals surface area contributed by atoms with Gasteiger partial charge in [-0.15, -0.1) is 0 Å². The number of para-hydroxylation sites is 1. The van der Waals surface area contributed by atoms with Crippen molar-refractivity contribution in [1.82, 2.24) is 9.78 Å². The van der Waals surface area contributed by atoms with E-state index in [0.29, 0.717) is 40.2 Å². The molecule has 9 heteroatoms. The topological polar surface area (TPSA) is 115 Å². The number of unbranched alkanes of at least 4 members (excludes halogenated alkanes) is 1. The summed E-state index contributed by atoms with van der Waals surface area (Å²) in [5, 5.41) is 20.6. The highest BCUT2D eigenvalue weighted by Crippen LogP contribution is 2.30. The van der Waals surface area contributed by atoms with Crippen LogP contribution in [0.4, 0.5) is 0 Å². The van der Waals surface area contributed by atoms with Crippen LogP contribution in [-0.4, -0.2) is 29.3 Å². The summed E-state index contributed by atoms with van der Waals surface area (Å²) in [5.41, 5.74) is 4.01. The molecule has 4 aromatic rings. The minimum absolute atomic E-state index is 0.0498. The van der Waals surface area contributed by atoms with Crippen molar-refractivity contribution in [2.24, 2.45) is 5.14 Å². The monoisotopic (exact) mass is 523 g/mol. The number of nitrogens with zero attached hydrogens (tertiary/aromatic N) is 2. The number of primary sulfonamides is 1. The van der Waals surface area contributed by atoms with Crippen LogP contribution in [0.3, 0.4) is 0 Å². The van der Waals surface area contributed by atoms with Crippen molar-refractivity contribution in [3.8, 4) is 16.8 Å². The number of nitrogens with two attached hydrogens (primary N) is 1. The molecule has 0 spiro atoms. The van der Waals surface area contributed by atoms with Gasteiger partial charge in [-0.1, -0.05) is 79.5 Å². The maximum Gasteiger partial charge on any atom is 0.354 e. The highest BCUT2D eigenvalue weighted by atomic mass is 35.5. The summed E-state index contributed by atoms with van der Waals surface area (Å²) in [4.78, 5) is 12.5. The van der Waals surface area contributed by atoms with E-state index in [-0.39, 0.29) is 10.6 Å². The summed E-state index contributed by atoms with van der Waals surface area (Å²) in [6.07, 6.45) is 2.81. The molecule has 0 amide bonds. The van der Waals surface area contributed by atoms with Crippen molar-refractivity contribution in [3.05, 3.63) is 100 Å². The first-order valence-electron chi connectivity index (χ1n) is 11.5. The molecular formula is C27H26ClN3O4S. The molecule has 1 heterocycles. The third-order valence-corrected chi connectivity index (χ3v) is 7.25. The molecule has 0 saturated heterocycles. The number of halogens is 1. The molecule has 1 aromatic heterocycles. The smallest absolute Gasteiger partial charge is 0.354 e. The Hall–Kier alpha value is -3.46. The van der Waals surface area contributed by atoms with Gasteiger partial charge in [0.25, 0.3) is 0 Å². The average molecular weight is 524 g/mol. The number of carbonyl (C=O) groups is 1. The van der Waals surface area contributed by atoms with Gasteiger partial charge in [0.2, 0.25) is 10.0 Å². The van der Waals surface area contributed by atoms with Gasteiger partial charge in [-0.05, 0) is 42.2 Å². The van der Waals surface area contributed by atoms with E-state index in [2.05, 4.69) is 12.0 Å². The minimum atomic E-state index is -3.88. The second kappa shape index (κ2) is 10.7. The van der Waals surface area contributed by atoms with E-state index >= 15 is 0 Å². The quantitative estimate of drug-likeness (QED) is 0.302. The van der Waals surface area contributed by atoms with Gasteiger partial charge in [0, 0.05) is 17.5 Å². The molecule has 0 radical (unpaired) electrons. The number of hydrogen-bond donors (Lipinski definition) is 2. The zero-order chi connectivity index (χ0) is 25.9. The third-order valence-electron chi connectivity index (χ3n) is 5.96. The molecule has 0 aliphatic rings. The van der Waals surface area contributed by atoms with Crippen LogP contribution in [0, 0.1) is 0 Å². The van der Waals surface area contributed by atoms with E-state index in [0.717, 1.165) is 24.1 Å². The molecule has 0 atom stereocenters. The van der Waals surface area contributed by atoms with E-state index < -0.39 is 16.0 Å². The van der Waals surface area contributed by atoms with Gasteiger partial charge in [-0.25, -0.2) is 23.0 Å². The van der Waals surface area contributed by atoms with Gasteiger partial charge >= 0.3 is 5.97 Å². The van der Waals surface area contributed by atoms with E-state index in [1.807, 2.05) is 24.3 Å². The Labute approximate surface area is 215 Å². The number of carboxylic acid groups (broad SMARTS) is 1. The van der Waals surface area contributed by atoms with Gasteiger partial charge in [-0.2, -0.15) is 5.10 Å². The maximum atomic E-state index is 12.4. The first-order chi connectivity index (χ1) is 17.2. The van der Waals surface area contributed by atoms with E-state index in [1.165, 1.54) is 10.7 Å². The van der Waals surface area contributed by atoms with Crippen molar-refractivity contribution in [2.75, 3.05) is 0 Å². The normalized spacial score (nSPS) is 11.5. The van der Waals surface area contributed by atoms with Gasteiger partial charge < -0.3 is 5.11 Å². The van der Waals surface area contributed by atoms with Crippen LogP contribution in [0.1, 0.15) is 47.1 Å². The Kier molecular flexibility index (Phi) is 7.59. The molecule has 3 aromatic carbocycles. The van der Waals surface area contributed by atoms with Crippen LogP contribution >= 0.6 is 11.6 Å². The summed E-state index contributed by atoms with van der Waals surface area (Å²) < 4.78 is 25.4. The molecule has 7 nitrogen and oxygen atoms in total. The molecule has 0 aliphatic heterocycles. The van der Waals surface area contributed by atoms with Crippen molar-refractivity contribution < 1.29 is 18.3 Å². The lowest BCUT2D eigenvalue weighted by Gasteiger charge is -2.10. The summed E-state index contributed by atoms with van der Waals surface area (Å²) in [6.45, 7) is 2.07. The molecule has 3 N–H and O–H groups in total. The molecule has 186 valence electrons. The molecule has 4 rings (SSSR count). The minimum Gasteiger partial charge on any atom is -0.476 e. The van der Waals surface area contributed by atoms with Crippen molar-refractivity contribution in [3.63, 3.8) is 0 Å². The highest BCUT2D eigenvalue weighted by molar-refractivity contribution is 7.89. The largest absolute Gasteiger partial charge is 0.476 e. The van der Waals surface area contributed by atoms with Gasteiger partial charge in [0.05, 0.1) is 21.3 Å². The van der Waals surface area contributed by atoms with E-state index in [4.69, 9.17) is 16.7 Å². The Morgan fingerprint density at radius 2 is 1.69 bits per heavy atom. The Balaban J connectivity index is 1.76. The van der Waals surface area contributed by atoms with E-state index in [1.54, 1.807) is 42.5 Å². The average Bonchev–Trinajstić information content (AvgIpc) is 3.21. The van der Waals surface area contributed by atoms with Crippen molar-refractivity contribution in [1.29, 1.82) is 0 Å². The molecule has 0 bridgehead atoms. The first-order valence-corrected chi connectivity index (χ1v) is 13.4. The van der Waals surface area contributed by atoms with Gasteiger partial charge in [-0.3, -0.25) is 0 Å². The van der Waals surface area contributed by atoms with Crippen molar-refractivity contribution in [2.45, 2.75) is 37.5 Å². The van der Waals surface area contributed by atoms with Crippen LogP contribution in [-0.2, 0) is 22.9 Å². The molecule has 0 aliphatic carbocycles. The summed E-state index contributed by atoms with van der Waals surface area (Å²) in [5.74, 6) is -1.08. The molecule has 0 fully saturated rings. The zero-order valence-corrected chi connectivity index (χ0v) is 21.3. The fraction of sp³-hybridized carbons (Fsp3) is 0.185. The fourth-order valence-corrected chi connectivity index (χ4v) is 5.18. The number of benzene rings is 3. The second-order valence-corrected chi connectivity index (χ2v) is 10.4.